The Hall–Kier alpha value is -5.67. The molecule has 3 saturated heterocycles. The second-order valence-corrected chi connectivity index (χ2v) is 14.6. The normalized spacial score (nSPS) is 21.8. The molecule has 3 aromatic rings. The number of H-pyrrole nitrogens is 1. The largest absolute Gasteiger partial charge is 0.371 e. The molecule has 6 amide bonds. The van der Waals surface area contributed by atoms with Crippen molar-refractivity contribution < 1.29 is 33.2 Å². The Kier molecular flexibility index (Phi) is 9.36. The number of hydrogen-bond acceptors (Lipinski definition) is 9. The second-order valence-electron chi connectivity index (χ2n) is 14.6. The van der Waals surface area contributed by atoms with Crippen LogP contribution in [0.4, 0.5) is 21.5 Å². The van der Waals surface area contributed by atoms with E-state index in [1.165, 1.54) is 18.2 Å². The van der Waals surface area contributed by atoms with Crippen molar-refractivity contribution in [3.05, 3.63) is 76.4 Å². The van der Waals surface area contributed by atoms with Crippen molar-refractivity contribution in [1.29, 1.82) is 0 Å². The number of carbonyl (C=O) groups excluding carboxylic acids is 6. The molecule has 1 aromatic heterocycles. The molecule has 3 fully saturated rings. The summed E-state index contributed by atoms with van der Waals surface area (Å²) in [5.74, 6) is -2.41. The number of rotatable bonds is 8. The van der Waals surface area contributed by atoms with Crippen molar-refractivity contribution in [2.24, 2.45) is 5.92 Å². The fourth-order valence-electron chi connectivity index (χ4n) is 8.24. The first-order chi connectivity index (χ1) is 26.0. The number of imide groups is 2. The van der Waals surface area contributed by atoms with Crippen LogP contribution < -0.4 is 20.9 Å². The quantitative estimate of drug-likeness (QED) is 0.201. The topological polar surface area (TPSA) is 167 Å². The predicted molar refractivity (Wildman–Crippen MR) is 198 cm³/mol. The van der Waals surface area contributed by atoms with E-state index >= 15 is 0 Å². The van der Waals surface area contributed by atoms with E-state index in [4.69, 9.17) is 0 Å². The third kappa shape index (κ3) is 6.69. The summed E-state index contributed by atoms with van der Waals surface area (Å²) < 4.78 is 13.9. The number of nitrogens with one attached hydrogen (secondary N) is 4. The van der Waals surface area contributed by atoms with Crippen molar-refractivity contribution >= 4 is 64.2 Å². The summed E-state index contributed by atoms with van der Waals surface area (Å²) >= 11 is 0. The highest BCUT2D eigenvalue weighted by Gasteiger charge is 2.46. The van der Waals surface area contributed by atoms with Crippen molar-refractivity contribution in [2.45, 2.75) is 38.6 Å². The van der Waals surface area contributed by atoms with Crippen LogP contribution in [0, 0.1) is 18.7 Å². The zero-order valence-corrected chi connectivity index (χ0v) is 29.9. The lowest BCUT2D eigenvalue weighted by Gasteiger charge is -2.39. The molecule has 0 radical (unpaired) electrons. The predicted octanol–water partition coefficient (Wildman–Crippen LogP) is 2.83. The van der Waals surface area contributed by atoms with Gasteiger partial charge in [0.05, 0.1) is 34.6 Å². The third-order valence-electron chi connectivity index (χ3n) is 11.3. The highest BCUT2D eigenvalue weighted by molar-refractivity contribution is 6.35. The van der Waals surface area contributed by atoms with E-state index in [0.29, 0.717) is 50.9 Å². The number of aromatic nitrogens is 1. The monoisotopic (exact) mass is 736 g/mol. The summed E-state index contributed by atoms with van der Waals surface area (Å²) in [5.41, 5.74) is 4.79. The molecule has 54 heavy (non-hydrogen) atoms. The van der Waals surface area contributed by atoms with Gasteiger partial charge < -0.3 is 25.4 Å². The van der Waals surface area contributed by atoms with Crippen molar-refractivity contribution in [3.8, 4) is 0 Å². The number of piperidine rings is 2. The Morgan fingerprint density at radius 3 is 2.43 bits per heavy atom. The van der Waals surface area contributed by atoms with Gasteiger partial charge in [-0.3, -0.25) is 43.9 Å². The number of aromatic amines is 1. The SMILES string of the molecule is Cc1c(NC(=O)CN2CCN(CC3CCN(c4cccc5c4C(=O)N(C4CCC(=O)NC4=O)C5=O)CC3)CC2)c[nH]c1/C=C1\C(=O)Nc2ccc(F)cc21. The van der Waals surface area contributed by atoms with Gasteiger partial charge in [-0.1, -0.05) is 6.07 Å². The molecular weight excluding hydrogens is 695 g/mol. The zero-order chi connectivity index (χ0) is 37.7. The Morgan fingerprint density at radius 2 is 1.67 bits per heavy atom. The van der Waals surface area contributed by atoms with E-state index in [1.54, 1.807) is 24.4 Å². The van der Waals surface area contributed by atoms with Crippen LogP contribution in [0.25, 0.3) is 11.6 Å². The first-order valence-electron chi connectivity index (χ1n) is 18.4. The summed E-state index contributed by atoms with van der Waals surface area (Å²) in [5, 5.41) is 7.98. The minimum Gasteiger partial charge on any atom is -0.371 e. The van der Waals surface area contributed by atoms with Crippen LogP contribution in [-0.2, 0) is 19.2 Å². The zero-order valence-electron chi connectivity index (χ0n) is 29.9. The van der Waals surface area contributed by atoms with Crippen molar-refractivity contribution in [1.82, 2.24) is 25.0 Å². The third-order valence-corrected chi connectivity index (χ3v) is 11.3. The van der Waals surface area contributed by atoms with Crippen LogP contribution in [-0.4, -0.2) is 114 Å². The summed E-state index contributed by atoms with van der Waals surface area (Å²) in [4.78, 5) is 87.5. The Labute approximate surface area is 310 Å². The van der Waals surface area contributed by atoms with Crippen LogP contribution in [0.15, 0.2) is 42.6 Å². The van der Waals surface area contributed by atoms with Crippen LogP contribution in [0.3, 0.4) is 0 Å². The fraction of sp³-hybridized carbons (Fsp3) is 0.385. The Balaban J connectivity index is 0.805. The molecule has 0 bridgehead atoms. The van der Waals surface area contributed by atoms with Gasteiger partial charge in [-0.25, -0.2) is 4.39 Å². The molecule has 0 spiro atoms. The molecule has 1 atom stereocenters. The molecule has 15 heteroatoms. The van der Waals surface area contributed by atoms with Crippen LogP contribution in [0.5, 0.6) is 0 Å². The molecule has 8 rings (SSSR count). The van der Waals surface area contributed by atoms with Crippen LogP contribution in [0.2, 0.25) is 0 Å². The number of piperazine rings is 1. The lowest BCUT2D eigenvalue weighted by atomic mass is 9.94. The van der Waals surface area contributed by atoms with E-state index in [0.717, 1.165) is 69.1 Å². The molecule has 1 unspecified atom stereocenters. The van der Waals surface area contributed by atoms with E-state index in [9.17, 15) is 33.2 Å². The summed E-state index contributed by atoms with van der Waals surface area (Å²) in [6.45, 7) is 7.73. The lowest BCUT2D eigenvalue weighted by molar-refractivity contribution is -0.136. The summed E-state index contributed by atoms with van der Waals surface area (Å²) in [6, 6.07) is 8.43. The minimum atomic E-state index is -0.995. The molecule has 0 aliphatic carbocycles. The van der Waals surface area contributed by atoms with Crippen molar-refractivity contribution in [2.75, 3.05) is 67.9 Å². The summed E-state index contributed by atoms with van der Waals surface area (Å²) in [7, 11) is 0. The lowest BCUT2D eigenvalue weighted by Crippen LogP contribution is -2.54. The van der Waals surface area contributed by atoms with Gasteiger partial charge in [-0.15, -0.1) is 0 Å². The first kappa shape index (κ1) is 35.4. The maximum atomic E-state index is 13.9. The minimum absolute atomic E-state index is 0.0781. The summed E-state index contributed by atoms with van der Waals surface area (Å²) in [6.07, 6.45) is 5.41. The number of nitrogens with zero attached hydrogens (tertiary/aromatic N) is 4. The smallest absolute Gasteiger partial charge is 0.264 e. The van der Waals surface area contributed by atoms with E-state index < -0.39 is 35.5 Å². The standard InChI is InChI=1S/C39H41FN8O6/c1-22-29(18-27-26-17-24(40)5-6-28(26)43-36(27)51)41-19-30(22)42-34(50)21-46-15-13-45(14-16-46)20-23-9-11-47(12-10-23)31-4-2-3-25-35(31)39(54)48(38(25)53)32-7-8-33(49)44-37(32)52/h2-6,17-19,23,32,41H,7-16,20-21H2,1H3,(H,42,50)(H,43,51)(H,44,49,52)/b27-18-. The van der Waals surface area contributed by atoms with Gasteiger partial charge in [0, 0.05) is 75.4 Å². The van der Waals surface area contributed by atoms with Gasteiger partial charge in [0.15, 0.2) is 0 Å². The highest BCUT2D eigenvalue weighted by Crippen LogP contribution is 2.37. The molecular formula is C39H41FN8O6. The first-order valence-corrected chi connectivity index (χ1v) is 18.4. The molecule has 280 valence electrons. The number of anilines is 3. The molecule has 4 N–H and O–H groups in total. The van der Waals surface area contributed by atoms with Gasteiger partial charge in [0.2, 0.25) is 17.7 Å². The molecule has 6 heterocycles. The van der Waals surface area contributed by atoms with Crippen molar-refractivity contribution in [3.63, 3.8) is 0 Å². The number of halogens is 1. The molecule has 2 aromatic carbocycles. The van der Waals surface area contributed by atoms with Gasteiger partial charge in [-0.05, 0) is 74.1 Å². The molecule has 5 aliphatic heterocycles. The van der Waals surface area contributed by atoms with E-state index in [-0.39, 0.29) is 31.2 Å². The average molecular weight is 737 g/mol. The number of fused-ring (bicyclic) bond motifs is 2. The molecule has 0 saturated carbocycles. The van der Waals surface area contributed by atoms with Crippen LogP contribution in [0.1, 0.15) is 63.2 Å². The van der Waals surface area contributed by atoms with Gasteiger partial charge in [0.1, 0.15) is 11.9 Å². The highest BCUT2D eigenvalue weighted by atomic mass is 19.1. The average Bonchev–Trinajstić information content (AvgIpc) is 3.75. The Morgan fingerprint density at radius 1 is 0.907 bits per heavy atom. The van der Waals surface area contributed by atoms with E-state index in [2.05, 4.69) is 35.6 Å². The molecule has 14 nitrogen and oxygen atoms in total. The van der Waals surface area contributed by atoms with Crippen LogP contribution >= 0.6 is 0 Å². The number of hydrogen-bond donors (Lipinski definition) is 4. The van der Waals surface area contributed by atoms with Gasteiger partial charge in [0.25, 0.3) is 17.7 Å². The fourth-order valence-corrected chi connectivity index (χ4v) is 8.24. The molecule has 5 aliphatic rings. The number of benzene rings is 2. The maximum absolute atomic E-state index is 13.9. The van der Waals surface area contributed by atoms with Gasteiger partial charge >= 0.3 is 0 Å². The second kappa shape index (κ2) is 14.3. The maximum Gasteiger partial charge on any atom is 0.264 e. The van der Waals surface area contributed by atoms with E-state index in [1.807, 2.05) is 13.0 Å². The Bertz CT molecular complexity index is 2110. The number of amides is 6. The number of carbonyl (C=O) groups is 6. The van der Waals surface area contributed by atoms with Gasteiger partial charge in [-0.2, -0.15) is 0 Å².